The molecule has 2 fully saturated rings. The summed E-state index contributed by atoms with van der Waals surface area (Å²) in [5, 5.41) is 7.37. The first-order valence-electron chi connectivity index (χ1n) is 7.77. The van der Waals surface area contributed by atoms with E-state index in [2.05, 4.69) is 10.4 Å². The number of amides is 1. The maximum atomic E-state index is 12.3. The molecule has 1 amide bonds. The fraction of sp³-hybridized carbons (Fsp3) is 0.733. The second-order valence-electron chi connectivity index (χ2n) is 5.84. The Balaban J connectivity index is 1.62. The van der Waals surface area contributed by atoms with Crippen molar-refractivity contribution in [2.75, 3.05) is 6.61 Å². The number of ether oxygens (including phenoxy) is 2. The quantitative estimate of drug-likeness (QED) is 0.911. The molecule has 2 aliphatic heterocycles. The third-order valence-corrected chi connectivity index (χ3v) is 4.25. The van der Waals surface area contributed by atoms with Crippen LogP contribution in [0, 0.1) is 0 Å². The van der Waals surface area contributed by atoms with Crippen LogP contribution in [0.25, 0.3) is 0 Å². The van der Waals surface area contributed by atoms with Crippen LogP contribution < -0.4 is 5.32 Å². The van der Waals surface area contributed by atoms with E-state index in [1.807, 2.05) is 30.9 Å². The van der Waals surface area contributed by atoms with Crippen LogP contribution in [0.5, 0.6) is 0 Å². The van der Waals surface area contributed by atoms with Crippen LogP contribution in [0.4, 0.5) is 0 Å². The Morgan fingerprint density at radius 2 is 2.33 bits per heavy atom. The van der Waals surface area contributed by atoms with E-state index in [0.29, 0.717) is 6.61 Å². The van der Waals surface area contributed by atoms with Crippen LogP contribution in [0.15, 0.2) is 12.4 Å². The number of hydrogen-bond donors (Lipinski definition) is 1. The van der Waals surface area contributed by atoms with Crippen molar-refractivity contribution < 1.29 is 14.3 Å². The Morgan fingerprint density at radius 3 is 3.00 bits per heavy atom. The summed E-state index contributed by atoms with van der Waals surface area (Å²) in [4.78, 5) is 12.3. The summed E-state index contributed by atoms with van der Waals surface area (Å²) in [5.41, 5.74) is 1.03. The van der Waals surface area contributed by atoms with Gasteiger partial charge in [-0.1, -0.05) is 0 Å². The van der Waals surface area contributed by atoms with E-state index >= 15 is 0 Å². The molecule has 3 heterocycles. The Kier molecular flexibility index (Phi) is 4.26. The highest BCUT2D eigenvalue weighted by Crippen LogP contribution is 2.29. The monoisotopic (exact) mass is 293 g/mol. The molecule has 2 saturated heterocycles. The molecule has 1 N–H and O–H groups in total. The van der Waals surface area contributed by atoms with Gasteiger partial charge in [-0.2, -0.15) is 5.10 Å². The van der Waals surface area contributed by atoms with Crippen LogP contribution in [0.1, 0.15) is 44.8 Å². The Bertz CT molecular complexity index is 502. The Hall–Kier alpha value is -1.40. The highest BCUT2D eigenvalue weighted by atomic mass is 16.5. The normalized spacial score (nSPS) is 32.5. The average molecular weight is 293 g/mol. The predicted molar refractivity (Wildman–Crippen MR) is 76.7 cm³/mol. The van der Waals surface area contributed by atoms with E-state index in [4.69, 9.17) is 9.47 Å². The third kappa shape index (κ3) is 3.11. The van der Waals surface area contributed by atoms with Gasteiger partial charge in [0, 0.05) is 24.9 Å². The van der Waals surface area contributed by atoms with Crippen molar-refractivity contribution in [2.45, 2.75) is 64.0 Å². The van der Waals surface area contributed by atoms with E-state index in [1.54, 1.807) is 0 Å². The molecule has 0 unspecified atom stereocenters. The van der Waals surface area contributed by atoms with Crippen molar-refractivity contribution in [3.63, 3.8) is 0 Å². The lowest BCUT2D eigenvalue weighted by molar-refractivity contribution is -0.132. The Morgan fingerprint density at radius 1 is 1.48 bits per heavy atom. The van der Waals surface area contributed by atoms with E-state index in [0.717, 1.165) is 31.4 Å². The minimum absolute atomic E-state index is 0.00603. The van der Waals surface area contributed by atoms with E-state index in [1.165, 1.54) is 0 Å². The maximum absolute atomic E-state index is 12.3. The van der Waals surface area contributed by atoms with Gasteiger partial charge in [0.1, 0.15) is 12.2 Å². The van der Waals surface area contributed by atoms with E-state index < -0.39 is 0 Å². The zero-order valence-corrected chi connectivity index (χ0v) is 12.6. The number of nitrogens with one attached hydrogen (secondary N) is 1. The summed E-state index contributed by atoms with van der Waals surface area (Å²) in [7, 11) is 0. The molecule has 0 spiro atoms. The SMILES string of the molecule is CCn1cc([C@H]2OCC[C@@H]2NC(=O)[C@@H]2CC[C@H](C)O2)cn1. The summed E-state index contributed by atoms with van der Waals surface area (Å²) in [6.45, 7) is 5.55. The molecule has 1 aromatic rings. The number of carbonyl (C=O) groups is 1. The van der Waals surface area contributed by atoms with Crippen LogP contribution >= 0.6 is 0 Å². The van der Waals surface area contributed by atoms with Crippen LogP contribution in [-0.4, -0.2) is 40.5 Å². The van der Waals surface area contributed by atoms with Crippen LogP contribution in [0.3, 0.4) is 0 Å². The molecule has 116 valence electrons. The number of nitrogens with zero attached hydrogens (tertiary/aromatic N) is 2. The fourth-order valence-corrected chi connectivity index (χ4v) is 3.04. The lowest BCUT2D eigenvalue weighted by atomic mass is 10.0. The zero-order valence-electron chi connectivity index (χ0n) is 12.6. The topological polar surface area (TPSA) is 65.4 Å². The lowest BCUT2D eigenvalue weighted by Crippen LogP contribution is -2.42. The zero-order chi connectivity index (χ0) is 14.8. The van der Waals surface area contributed by atoms with E-state index in [-0.39, 0.29) is 30.3 Å². The molecule has 1 aromatic heterocycles. The Labute approximate surface area is 124 Å². The number of aryl methyl sites for hydroxylation is 1. The summed E-state index contributed by atoms with van der Waals surface area (Å²) < 4.78 is 13.3. The van der Waals surface area contributed by atoms with Gasteiger partial charge >= 0.3 is 0 Å². The maximum Gasteiger partial charge on any atom is 0.249 e. The first-order chi connectivity index (χ1) is 10.2. The van der Waals surface area contributed by atoms with Gasteiger partial charge in [-0.25, -0.2) is 0 Å². The van der Waals surface area contributed by atoms with Gasteiger partial charge in [-0.3, -0.25) is 9.48 Å². The van der Waals surface area contributed by atoms with Crippen molar-refractivity contribution in [3.05, 3.63) is 18.0 Å². The van der Waals surface area contributed by atoms with Gasteiger partial charge in [0.2, 0.25) is 5.91 Å². The molecular weight excluding hydrogens is 270 g/mol. The summed E-state index contributed by atoms with van der Waals surface area (Å²) in [5.74, 6) is -0.0114. The highest BCUT2D eigenvalue weighted by Gasteiger charge is 2.35. The summed E-state index contributed by atoms with van der Waals surface area (Å²) in [6, 6.07) is 0.00603. The molecule has 21 heavy (non-hydrogen) atoms. The fourth-order valence-electron chi connectivity index (χ4n) is 3.04. The molecule has 0 radical (unpaired) electrons. The molecule has 4 atom stereocenters. The molecular formula is C15H23N3O3. The molecule has 0 saturated carbocycles. The third-order valence-electron chi connectivity index (χ3n) is 4.25. The van der Waals surface area contributed by atoms with Gasteiger partial charge in [0.15, 0.2) is 0 Å². The standard InChI is InChI=1S/C15H23N3O3/c1-3-18-9-11(8-16-18)14-12(6-7-20-14)17-15(19)13-5-4-10(2)21-13/h8-10,12-14H,3-7H2,1-2H3,(H,17,19)/t10-,12-,13-,14+/m0/s1. The smallest absolute Gasteiger partial charge is 0.249 e. The minimum Gasteiger partial charge on any atom is -0.371 e. The van der Waals surface area contributed by atoms with Gasteiger partial charge in [0.05, 0.1) is 18.3 Å². The van der Waals surface area contributed by atoms with Gasteiger partial charge in [-0.15, -0.1) is 0 Å². The minimum atomic E-state index is -0.306. The number of hydrogen-bond acceptors (Lipinski definition) is 4. The lowest BCUT2D eigenvalue weighted by Gasteiger charge is -2.21. The number of carbonyl (C=O) groups excluding carboxylic acids is 1. The van der Waals surface area contributed by atoms with Gasteiger partial charge < -0.3 is 14.8 Å². The van der Waals surface area contributed by atoms with E-state index in [9.17, 15) is 4.79 Å². The molecule has 3 rings (SSSR count). The van der Waals surface area contributed by atoms with Crippen molar-refractivity contribution in [1.29, 1.82) is 0 Å². The first-order valence-corrected chi connectivity index (χ1v) is 7.77. The van der Waals surface area contributed by atoms with Crippen molar-refractivity contribution in [1.82, 2.24) is 15.1 Å². The second-order valence-corrected chi connectivity index (χ2v) is 5.84. The predicted octanol–water partition coefficient (Wildman–Crippen LogP) is 1.42. The first kappa shape index (κ1) is 14.5. The van der Waals surface area contributed by atoms with Crippen LogP contribution in [0.2, 0.25) is 0 Å². The second kappa shape index (κ2) is 6.15. The molecule has 0 aliphatic carbocycles. The molecule has 2 aliphatic rings. The average Bonchev–Trinajstić information content (AvgIpc) is 3.17. The molecule has 6 nitrogen and oxygen atoms in total. The van der Waals surface area contributed by atoms with Gasteiger partial charge in [-0.05, 0) is 33.1 Å². The summed E-state index contributed by atoms with van der Waals surface area (Å²) in [6.07, 6.45) is 6.17. The highest BCUT2D eigenvalue weighted by molar-refractivity contribution is 5.81. The molecule has 0 bridgehead atoms. The largest absolute Gasteiger partial charge is 0.371 e. The summed E-state index contributed by atoms with van der Waals surface area (Å²) >= 11 is 0. The van der Waals surface area contributed by atoms with Gasteiger partial charge in [0.25, 0.3) is 0 Å². The number of aromatic nitrogens is 2. The van der Waals surface area contributed by atoms with Crippen LogP contribution in [-0.2, 0) is 20.8 Å². The molecule has 0 aromatic carbocycles. The molecule has 6 heteroatoms. The van der Waals surface area contributed by atoms with Crippen molar-refractivity contribution >= 4 is 5.91 Å². The number of rotatable bonds is 4. The van der Waals surface area contributed by atoms with Crippen molar-refractivity contribution in [2.24, 2.45) is 0 Å². The van der Waals surface area contributed by atoms with Crippen molar-refractivity contribution in [3.8, 4) is 0 Å².